The summed E-state index contributed by atoms with van der Waals surface area (Å²) in [7, 11) is 0. The maximum Gasteiger partial charge on any atom is 0.317 e. The van der Waals surface area contributed by atoms with Crippen molar-refractivity contribution >= 4 is 11.9 Å². The van der Waals surface area contributed by atoms with Gasteiger partial charge in [0.1, 0.15) is 0 Å². The van der Waals surface area contributed by atoms with Gasteiger partial charge in [-0.05, 0) is 12.0 Å². The van der Waals surface area contributed by atoms with Crippen molar-refractivity contribution in [1.29, 1.82) is 0 Å². The predicted octanol–water partition coefficient (Wildman–Crippen LogP) is 1.06. The summed E-state index contributed by atoms with van der Waals surface area (Å²) < 4.78 is 5.38. The lowest BCUT2D eigenvalue weighted by Crippen LogP contribution is -2.47. The third-order valence-electron chi connectivity index (χ3n) is 3.68. The normalized spacial score (nSPS) is 19.6. The quantitative estimate of drug-likeness (QED) is 0.763. The van der Waals surface area contributed by atoms with E-state index in [1.54, 1.807) is 0 Å². The second kappa shape index (κ2) is 7.19. The van der Waals surface area contributed by atoms with Crippen molar-refractivity contribution in [2.75, 3.05) is 19.8 Å². The van der Waals surface area contributed by atoms with Gasteiger partial charge in [-0.1, -0.05) is 30.3 Å². The zero-order valence-corrected chi connectivity index (χ0v) is 11.6. The van der Waals surface area contributed by atoms with Crippen LogP contribution in [0.4, 0.5) is 0 Å². The highest BCUT2D eigenvalue weighted by Crippen LogP contribution is 2.19. The molecule has 0 aromatic heterocycles. The van der Waals surface area contributed by atoms with Crippen LogP contribution in [0.5, 0.6) is 0 Å². The molecule has 6 nitrogen and oxygen atoms in total. The Hall–Kier alpha value is -1.92. The van der Waals surface area contributed by atoms with E-state index in [9.17, 15) is 9.59 Å². The fraction of sp³-hybridized carbons (Fsp3) is 0.467. The molecule has 1 atom stereocenters. The molecule has 1 fully saturated rings. The van der Waals surface area contributed by atoms with Crippen LogP contribution in [-0.2, 0) is 20.9 Å². The first-order chi connectivity index (χ1) is 10.1. The van der Waals surface area contributed by atoms with Gasteiger partial charge in [0, 0.05) is 19.1 Å². The molecule has 0 amide bonds. The molecule has 1 aliphatic rings. The summed E-state index contributed by atoms with van der Waals surface area (Å²) in [5.74, 6) is -3.99. The van der Waals surface area contributed by atoms with Gasteiger partial charge in [0.15, 0.2) is 5.92 Å². The van der Waals surface area contributed by atoms with Crippen molar-refractivity contribution in [2.24, 2.45) is 5.92 Å². The first kappa shape index (κ1) is 15.5. The predicted molar refractivity (Wildman–Crippen MR) is 74.8 cm³/mol. The minimum Gasteiger partial charge on any atom is -0.481 e. The smallest absolute Gasteiger partial charge is 0.317 e. The molecule has 1 aromatic rings. The third-order valence-corrected chi connectivity index (χ3v) is 3.68. The van der Waals surface area contributed by atoms with Crippen molar-refractivity contribution in [3.05, 3.63) is 35.9 Å². The third kappa shape index (κ3) is 4.27. The zero-order chi connectivity index (χ0) is 15.2. The van der Waals surface area contributed by atoms with Crippen molar-refractivity contribution in [2.45, 2.75) is 19.0 Å². The minimum atomic E-state index is -1.39. The molecule has 1 aliphatic heterocycles. The Kier molecular flexibility index (Phi) is 5.30. The molecule has 2 N–H and O–H groups in total. The molecule has 21 heavy (non-hydrogen) atoms. The van der Waals surface area contributed by atoms with E-state index in [4.69, 9.17) is 14.9 Å². The van der Waals surface area contributed by atoms with Crippen molar-refractivity contribution in [3.8, 4) is 0 Å². The second-order valence-electron chi connectivity index (χ2n) is 5.15. The molecule has 1 aromatic carbocycles. The Morgan fingerprint density at radius 3 is 2.52 bits per heavy atom. The van der Waals surface area contributed by atoms with Crippen molar-refractivity contribution < 1.29 is 24.5 Å². The van der Waals surface area contributed by atoms with Gasteiger partial charge in [-0.15, -0.1) is 0 Å². The van der Waals surface area contributed by atoms with Crippen LogP contribution >= 0.6 is 0 Å². The molecule has 1 saturated heterocycles. The molecule has 0 spiro atoms. The van der Waals surface area contributed by atoms with Crippen LogP contribution in [0, 0.1) is 5.92 Å². The Morgan fingerprint density at radius 1 is 1.24 bits per heavy atom. The lowest BCUT2D eigenvalue weighted by molar-refractivity contribution is -0.156. The van der Waals surface area contributed by atoms with Crippen LogP contribution in [0.3, 0.4) is 0 Å². The topological polar surface area (TPSA) is 87.1 Å². The fourth-order valence-corrected chi connectivity index (χ4v) is 2.51. The molecule has 1 unspecified atom stereocenters. The fourth-order valence-electron chi connectivity index (χ4n) is 2.51. The van der Waals surface area contributed by atoms with Crippen LogP contribution in [0.15, 0.2) is 30.3 Å². The number of hydrogen-bond acceptors (Lipinski definition) is 4. The van der Waals surface area contributed by atoms with Crippen LogP contribution < -0.4 is 0 Å². The SMILES string of the molecule is O=C(O)C(CC1COCCN1Cc1ccccc1)C(=O)O. The van der Waals surface area contributed by atoms with E-state index in [1.807, 2.05) is 30.3 Å². The molecular weight excluding hydrogens is 274 g/mol. The monoisotopic (exact) mass is 293 g/mol. The molecule has 2 rings (SSSR count). The van der Waals surface area contributed by atoms with Crippen molar-refractivity contribution in [3.63, 3.8) is 0 Å². The summed E-state index contributed by atoms with van der Waals surface area (Å²) in [6, 6.07) is 9.63. The summed E-state index contributed by atoms with van der Waals surface area (Å²) in [6.45, 7) is 2.28. The van der Waals surface area contributed by atoms with Crippen molar-refractivity contribution in [1.82, 2.24) is 4.90 Å². The number of ether oxygens (including phenoxy) is 1. The number of benzene rings is 1. The number of hydrogen-bond donors (Lipinski definition) is 2. The van der Waals surface area contributed by atoms with E-state index in [0.29, 0.717) is 26.3 Å². The van der Waals surface area contributed by atoms with Gasteiger partial charge in [-0.2, -0.15) is 0 Å². The molecule has 6 heteroatoms. The molecule has 1 heterocycles. The number of carbonyl (C=O) groups is 2. The van der Waals surface area contributed by atoms with E-state index < -0.39 is 17.9 Å². The molecular formula is C15H19NO5. The molecule has 0 aliphatic carbocycles. The Bertz CT molecular complexity index is 476. The highest BCUT2D eigenvalue weighted by Gasteiger charge is 2.33. The van der Waals surface area contributed by atoms with Crippen LogP contribution in [0.25, 0.3) is 0 Å². The Balaban J connectivity index is 2.04. The van der Waals surface area contributed by atoms with E-state index in [-0.39, 0.29) is 12.5 Å². The van der Waals surface area contributed by atoms with E-state index in [2.05, 4.69) is 4.90 Å². The first-order valence-electron chi connectivity index (χ1n) is 6.89. The molecule has 114 valence electrons. The number of nitrogens with zero attached hydrogens (tertiary/aromatic N) is 1. The van der Waals surface area contributed by atoms with Gasteiger partial charge in [0.25, 0.3) is 0 Å². The lowest BCUT2D eigenvalue weighted by Gasteiger charge is -2.36. The maximum absolute atomic E-state index is 11.0. The molecule has 0 saturated carbocycles. The van der Waals surface area contributed by atoms with Gasteiger partial charge >= 0.3 is 11.9 Å². The largest absolute Gasteiger partial charge is 0.481 e. The highest BCUT2D eigenvalue weighted by atomic mass is 16.5. The zero-order valence-electron chi connectivity index (χ0n) is 11.6. The number of aliphatic carboxylic acids is 2. The van der Waals surface area contributed by atoms with E-state index in [0.717, 1.165) is 5.56 Å². The average molecular weight is 293 g/mol. The summed E-state index contributed by atoms with van der Waals surface area (Å²) >= 11 is 0. The minimum absolute atomic E-state index is 0.0531. The second-order valence-corrected chi connectivity index (χ2v) is 5.15. The van der Waals surface area contributed by atoms with Gasteiger partial charge in [0.2, 0.25) is 0 Å². The number of morpholine rings is 1. The van der Waals surface area contributed by atoms with Crippen LogP contribution in [-0.4, -0.2) is 52.9 Å². The maximum atomic E-state index is 11.0. The summed E-state index contributed by atoms with van der Waals surface area (Å²) in [5, 5.41) is 18.0. The lowest BCUT2D eigenvalue weighted by atomic mass is 9.98. The van der Waals surface area contributed by atoms with Gasteiger partial charge < -0.3 is 14.9 Å². The van der Waals surface area contributed by atoms with Gasteiger partial charge in [0.05, 0.1) is 13.2 Å². The van der Waals surface area contributed by atoms with E-state index in [1.165, 1.54) is 0 Å². The van der Waals surface area contributed by atoms with E-state index >= 15 is 0 Å². The summed E-state index contributed by atoms with van der Waals surface area (Å²) in [5.41, 5.74) is 1.12. The number of carboxylic acids is 2. The average Bonchev–Trinajstić information content (AvgIpc) is 2.46. The Morgan fingerprint density at radius 2 is 1.90 bits per heavy atom. The van der Waals surface area contributed by atoms with Gasteiger partial charge in [-0.3, -0.25) is 14.5 Å². The standard InChI is InChI=1S/C15H19NO5/c17-14(18)13(15(19)20)8-12-10-21-7-6-16(12)9-11-4-2-1-3-5-11/h1-5,12-13H,6-10H2,(H,17,18)(H,19,20). The number of rotatable bonds is 6. The first-order valence-corrected chi connectivity index (χ1v) is 6.89. The summed E-state index contributed by atoms with van der Waals surface area (Å²) in [6.07, 6.45) is 0.0531. The number of carboxylic acid groups (broad SMARTS) is 2. The highest BCUT2D eigenvalue weighted by molar-refractivity contribution is 5.92. The molecule has 0 bridgehead atoms. The summed E-state index contributed by atoms with van der Waals surface area (Å²) in [4.78, 5) is 24.2. The molecule has 0 radical (unpaired) electrons. The Labute approximate surface area is 122 Å². The van der Waals surface area contributed by atoms with Crippen LogP contribution in [0.2, 0.25) is 0 Å². The van der Waals surface area contributed by atoms with Gasteiger partial charge in [-0.25, -0.2) is 0 Å². The van der Waals surface area contributed by atoms with Crippen LogP contribution in [0.1, 0.15) is 12.0 Å².